The van der Waals surface area contributed by atoms with Crippen LogP contribution in [-0.2, 0) is 19.6 Å². The highest BCUT2D eigenvalue weighted by molar-refractivity contribution is 7.92. The second kappa shape index (κ2) is 6.37. The fraction of sp³-hybridized carbons (Fsp3) is 0.417. The molecule has 0 aliphatic carbocycles. The Morgan fingerprint density at radius 1 is 1.48 bits per heavy atom. The maximum absolute atomic E-state index is 13.5. The van der Waals surface area contributed by atoms with Crippen LogP contribution in [0.5, 0.6) is 0 Å². The molecule has 0 aromatic heterocycles. The van der Waals surface area contributed by atoms with E-state index in [0.29, 0.717) is 19.7 Å². The molecule has 1 aliphatic rings. The van der Waals surface area contributed by atoms with Gasteiger partial charge in [0.2, 0.25) is 10.0 Å². The Hall–Kier alpha value is -1.71. The number of morpholine rings is 1. The number of rotatable bonds is 4. The van der Waals surface area contributed by atoms with E-state index in [2.05, 4.69) is 10.6 Å². The van der Waals surface area contributed by atoms with Gasteiger partial charge in [0.25, 0.3) is 5.91 Å². The molecule has 21 heavy (non-hydrogen) atoms. The van der Waals surface area contributed by atoms with Gasteiger partial charge in [-0.3, -0.25) is 9.52 Å². The average Bonchev–Trinajstić information content (AvgIpc) is 2.42. The van der Waals surface area contributed by atoms with Crippen molar-refractivity contribution in [3.8, 4) is 0 Å². The van der Waals surface area contributed by atoms with Crippen LogP contribution in [0.1, 0.15) is 0 Å². The molecule has 0 radical (unpaired) electrons. The van der Waals surface area contributed by atoms with Crippen molar-refractivity contribution in [3.05, 3.63) is 24.0 Å². The van der Waals surface area contributed by atoms with Crippen LogP contribution in [0, 0.1) is 5.82 Å². The van der Waals surface area contributed by atoms with Crippen LogP contribution in [0.25, 0.3) is 0 Å². The Morgan fingerprint density at radius 2 is 2.24 bits per heavy atom. The van der Waals surface area contributed by atoms with Crippen LogP contribution >= 0.6 is 0 Å². The van der Waals surface area contributed by atoms with Crippen molar-refractivity contribution in [2.75, 3.05) is 36.0 Å². The summed E-state index contributed by atoms with van der Waals surface area (Å²) in [5.41, 5.74) is 0.0553. The molecular formula is C12H16FN3O4S. The lowest BCUT2D eigenvalue weighted by molar-refractivity contribution is -0.128. The van der Waals surface area contributed by atoms with Gasteiger partial charge >= 0.3 is 0 Å². The number of nitrogens with one attached hydrogen (secondary N) is 3. The zero-order valence-electron chi connectivity index (χ0n) is 11.3. The number of carbonyl (C=O) groups is 1. The summed E-state index contributed by atoms with van der Waals surface area (Å²) in [7, 11) is -3.60. The Kier molecular flexibility index (Phi) is 4.76. The fourth-order valence-corrected chi connectivity index (χ4v) is 2.39. The standard InChI is InChI=1S/C12H16FN3O4S/c1-21(18,19)16-10-6-8(2-3-9(10)13)15-12(17)11-7-14-4-5-20-11/h2-3,6,11,14,16H,4-5,7H2,1H3,(H,15,17). The zero-order valence-corrected chi connectivity index (χ0v) is 12.2. The molecule has 1 amide bonds. The quantitative estimate of drug-likeness (QED) is 0.733. The maximum Gasteiger partial charge on any atom is 0.254 e. The molecule has 1 aromatic carbocycles. The zero-order chi connectivity index (χ0) is 15.5. The van der Waals surface area contributed by atoms with Gasteiger partial charge in [0, 0.05) is 18.8 Å². The molecule has 116 valence electrons. The number of ether oxygens (including phenoxy) is 1. The summed E-state index contributed by atoms with van der Waals surface area (Å²) in [6.07, 6.45) is 0.286. The Labute approximate surface area is 121 Å². The van der Waals surface area contributed by atoms with Crippen LogP contribution in [0.2, 0.25) is 0 Å². The van der Waals surface area contributed by atoms with Gasteiger partial charge in [-0.25, -0.2) is 12.8 Å². The van der Waals surface area contributed by atoms with Crippen LogP contribution in [0.15, 0.2) is 18.2 Å². The van der Waals surface area contributed by atoms with E-state index in [-0.39, 0.29) is 17.3 Å². The highest BCUT2D eigenvalue weighted by Crippen LogP contribution is 2.20. The second-order valence-electron chi connectivity index (χ2n) is 4.62. The van der Waals surface area contributed by atoms with Crippen LogP contribution < -0.4 is 15.4 Å². The number of anilines is 2. The number of sulfonamides is 1. The minimum atomic E-state index is -3.60. The minimum Gasteiger partial charge on any atom is -0.366 e. The van der Waals surface area contributed by atoms with Gasteiger partial charge < -0.3 is 15.4 Å². The molecule has 1 saturated heterocycles. The van der Waals surface area contributed by atoms with Crippen molar-refractivity contribution >= 4 is 27.3 Å². The van der Waals surface area contributed by atoms with Crippen molar-refractivity contribution < 1.29 is 22.3 Å². The predicted octanol–water partition coefficient (Wildman–Crippen LogP) is 0.124. The number of hydrogen-bond acceptors (Lipinski definition) is 5. The molecule has 7 nitrogen and oxygen atoms in total. The first kappa shape index (κ1) is 15.7. The SMILES string of the molecule is CS(=O)(=O)Nc1cc(NC(=O)C2CNCCO2)ccc1F. The molecule has 9 heteroatoms. The van der Waals surface area contributed by atoms with Gasteiger partial charge in [-0.2, -0.15) is 0 Å². The molecule has 3 N–H and O–H groups in total. The molecule has 0 bridgehead atoms. The Morgan fingerprint density at radius 3 is 2.86 bits per heavy atom. The topological polar surface area (TPSA) is 96.5 Å². The number of amides is 1. The van der Waals surface area contributed by atoms with E-state index in [1.165, 1.54) is 12.1 Å². The second-order valence-corrected chi connectivity index (χ2v) is 6.37. The minimum absolute atomic E-state index is 0.224. The maximum atomic E-state index is 13.5. The van der Waals surface area contributed by atoms with Gasteiger partial charge in [-0.1, -0.05) is 0 Å². The molecule has 1 aromatic rings. The van der Waals surface area contributed by atoms with Crippen LogP contribution in [0.3, 0.4) is 0 Å². The van der Waals surface area contributed by atoms with E-state index in [1.807, 2.05) is 4.72 Å². The summed E-state index contributed by atoms with van der Waals surface area (Å²) >= 11 is 0. The van der Waals surface area contributed by atoms with Gasteiger partial charge in [0.05, 0.1) is 18.6 Å². The summed E-state index contributed by atoms with van der Waals surface area (Å²) in [6.45, 7) is 1.51. The average molecular weight is 317 g/mol. The monoisotopic (exact) mass is 317 g/mol. The molecule has 1 atom stereocenters. The lowest BCUT2D eigenvalue weighted by Gasteiger charge is -2.22. The molecule has 0 saturated carbocycles. The number of hydrogen-bond donors (Lipinski definition) is 3. The summed E-state index contributed by atoms with van der Waals surface area (Å²) in [6, 6.07) is 3.63. The Bertz CT molecular complexity index is 629. The van der Waals surface area contributed by atoms with E-state index in [9.17, 15) is 17.6 Å². The molecule has 1 aliphatic heterocycles. The number of halogens is 1. The lowest BCUT2D eigenvalue weighted by atomic mass is 10.2. The van der Waals surface area contributed by atoms with Crippen LogP contribution in [-0.4, -0.2) is 46.4 Å². The van der Waals surface area contributed by atoms with Crippen molar-refractivity contribution in [2.24, 2.45) is 0 Å². The third-order valence-corrected chi connectivity index (χ3v) is 3.34. The molecular weight excluding hydrogens is 301 g/mol. The third kappa shape index (κ3) is 4.66. The smallest absolute Gasteiger partial charge is 0.254 e. The van der Waals surface area contributed by atoms with E-state index in [1.54, 1.807) is 0 Å². The highest BCUT2D eigenvalue weighted by Gasteiger charge is 2.22. The lowest BCUT2D eigenvalue weighted by Crippen LogP contribution is -2.45. The number of carbonyl (C=O) groups excluding carboxylic acids is 1. The van der Waals surface area contributed by atoms with Crippen molar-refractivity contribution in [2.45, 2.75) is 6.10 Å². The van der Waals surface area contributed by atoms with Crippen molar-refractivity contribution in [3.63, 3.8) is 0 Å². The van der Waals surface area contributed by atoms with Gasteiger partial charge in [-0.15, -0.1) is 0 Å². The predicted molar refractivity (Wildman–Crippen MR) is 76.1 cm³/mol. The summed E-state index contributed by atoms with van der Waals surface area (Å²) in [5, 5.41) is 5.58. The first-order chi connectivity index (χ1) is 9.85. The van der Waals surface area contributed by atoms with E-state index >= 15 is 0 Å². The first-order valence-electron chi connectivity index (χ1n) is 6.26. The molecule has 1 unspecified atom stereocenters. The summed E-state index contributed by atoms with van der Waals surface area (Å²) in [5.74, 6) is -1.10. The highest BCUT2D eigenvalue weighted by atomic mass is 32.2. The summed E-state index contributed by atoms with van der Waals surface area (Å²) < 4.78 is 43.1. The van der Waals surface area contributed by atoms with Crippen LogP contribution in [0.4, 0.5) is 15.8 Å². The number of benzene rings is 1. The molecule has 2 rings (SSSR count). The Balaban J connectivity index is 2.09. The van der Waals surface area contributed by atoms with Crippen molar-refractivity contribution in [1.82, 2.24) is 5.32 Å². The van der Waals surface area contributed by atoms with Gasteiger partial charge in [-0.05, 0) is 18.2 Å². The van der Waals surface area contributed by atoms with Gasteiger partial charge in [0.15, 0.2) is 0 Å². The van der Waals surface area contributed by atoms with E-state index < -0.39 is 21.9 Å². The van der Waals surface area contributed by atoms with E-state index in [0.717, 1.165) is 12.3 Å². The molecule has 1 fully saturated rings. The molecule has 0 spiro atoms. The van der Waals surface area contributed by atoms with Crippen molar-refractivity contribution in [1.29, 1.82) is 0 Å². The first-order valence-corrected chi connectivity index (χ1v) is 8.15. The third-order valence-electron chi connectivity index (χ3n) is 2.75. The largest absolute Gasteiger partial charge is 0.366 e. The fourth-order valence-electron chi connectivity index (χ4n) is 1.84. The van der Waals surface area contributed by atoms with E-state index in [4.69, 9.17) is 4.74 Å². The molecule has 1 heterocycles. The normalized spacial score (nSPS) is 19.0. The van der Waals surface area contributed by atoms with Gasteiger partial charge in [0.1, 0.15) is 11.9 Å². The summed E-state index contributed by atoms with van der Waals surface area (Å²) in [4.78, 5) is 11.9.